The van der Waals surface area contributed by atoms with Gasteiger partial charge in [-0.1, -0.05) is 36.8 Å². The summed E-state index contributed by atoms with van der Waals surface area (Å²) in [4.78, 5) is 12.7. The van der Waals surface area contributed by atoms with Gasteiger partial charge in [0.2, 0.25) is 5.91 Å². The molecule has 22 heavy (non-hydrogen) atoms. The third-order valence-electron chi connectivity index (χ3n) is 5.18. The molecule has 4 heteroatoms. The van der Waals surface area contributed by atoms with E-state index >= 15 is 0 Å². The number of carbonyl (C=O) groups excluding carboxylic acids is 1. The average molecular weight is 303 g/mol. The average Bonchev–Trinajstić information content (AvgIpc) is 2.50. The van der Waals surface area contributed by atoms with E-state index in [0.717, 1.165) is 25.7 Å². The second-order valence-electron chi connectivity index (χ2n) is 6.82. The van der Waals surface area contributed by atoms with Gasteiger partial charge < -0.3 is 15.2 Å². The molecule has 2 fully saturated rings. The van der Waals surface area contributed by atoms with Gasteiger partial charge in [0.1, 0.15) is 0 Å². The van der Waals surface area contributed by atoms with Crippen molar-refractivity contribution in [1.29, 1.82) is 0 Å². The maximum Gasteiger partial charge on any atom is 0.226 e. The van der Waals surface area contributed by atoms with Crippen LogP contribution < -0.4 is 5.32 Å². The lowest BCUT2D eigenvalue weighted by Crippen LogP contribution is -2.53. The van der Waals surface area contributed by atoms with Crippen LogP contribution >= 0.6 is 0 Å². The maximum atomic E-state index is 12.7. The summed E-state index contributed by atoms with van der Waals surface area (Å²) in [5, 5.41) is 13.5. The monoisotopic (exact) mass is 303 g/mol. The van der Waals surface area contributed by atoms with E-state index in [-0.39, 0.29) is 11.3 Å². The molecule has 0 spiro atoms. The highest BCUT2D eigenvalue weighted by Gasteiger charge is 2.44. The van der Waals surface area contributed by atoms with E-state index in [1.165, 1.54) is 5.56 Å². The number of benzene rings is 1. The summed E-state index contributed by atoms with van der Waals surface area (Å²) in [6.07, 6.45) is 4.97. The molecule has 0 atom stereocenters. The SMILES string of the molecule is O=C(NCC1(O)CCOCC1)C1(Cc2ccccc2)CCC1. The molecule has 1 aromatic carbocycles. The Labute approximate surface area is 131 Å². The molecule has 4 nitrogen and oxygen atoms in total. The lowest BCUT2D eigenvalue weighted by Gasteiger charge is -2.41. The molecule has 0 aromatic heterocycles. The van der Waals surface area contributed by atoms with Crippen LogP contribution in [0, 0.1) is 5.41 Å². The third kappa shape index (κ3) is 3.33. The number of rotatable bonds is 5. The Morgan fingerprint density at radius 2 is 1.82 bits per heavy atom. The van der Waals surface area contributed by atoms with E-state index in [1.54, 1.807) is 0 Å². The summed E-state index contributed by atoms with van der Waals surface area (Å²) in [7, 11) is 0. The fraction of sp³-hybridized carbons (Fsp3) is 0.611. The van der Waals surface area contributed by atoms with Gasteiger partial charge in [-0.15, -0.1) is 0 Å². The standard InChI is InChI=1S/C18H25NO3/c20-16(19-14-18(21)9-11-22-12-10-18)17(7-4-8-17)13-15-5-2-1-3-6-15/h1-3,5-6,21H,4,7-14H2,(H,19,20). The Hall–Kier alpha value is -1.39. The summed E-state index contributed by atoms with van der Waals surface area (Å²) in [6.45, 7) is 1.48. The Morgan fingerprint density at radius 3 is 2.41 bits per heavy atom. The number of hydrogen-bond acceptors (Lipinski definition) is 3. The first-order valence-electron chi connectivity index (χ1n) is 8.24. The molecule has 1 saturated heterocycles. The number of hydrogen-bond donors (Lipinski definition) is 2. The predicted molar refractivity (Wildman–Crippen MR) is 84.4 cm³/mol. The quantitative estimate of drug-likeness (QED) is 0.875. The molecule has 120 valence electrons. The van der Waals surface area contributed by atoms with Crippen LogP contribution in [0.2, 0.25) is 0 Å². The van der Waals surface area contributed by atoms with Gasteiger partial charge in [0.05, 0.1) is 11.0 Å². The second kappa shape index (κ2) is 6.39. The summed E-state index contributed by atoms with van der Waals surface area (Å²) in [5.74, 6) is 0.0996. The summed E-state index contributed by atoms with van der Waals surface area (Å²) in [6, 6.07) is 10.2. The summed E-state index contributed by atoms with van der Waals surface area (Å²) >= 11 is 0. The minimum Gasteiger partial charge on any atom is -0.388 e. The van der Waals surface area contributed by atoms with Gasteiger partial charge in [-0.3, -0.25) is 4.79 Å². The molecule has 0 radical (unpaired) electrons. The molecule has 1 amide bonds. The molecule has 1 saturated carbocycles. The molecule has 0 unspecified atom stereocenters. The van der Waals surface area contributed by atoms with Crippen LogP contribution in [0.25, 0.3) is 0 Å². The summed E-state index contributed by atoms with van der Waals surface area (Å²) < 4.78 is 5.28. The van der Waals surface area contributed by atoms with Crippen molar-refractivity contribution in [3.05, 3.63) is 35.9 Å². The zero-order valence-corrected chi connectivity index (χ0v) is 13.0. The van der Waals surface area contributed by atoms with Gasteiger partial charge in [-0.2, -0.15) is 0 Å². The number of nitrogens with one attached hydrogen (secondary N) is 1. The number of carbonyl (C=O) groups is 1. The molecular formula is C18H25NO3. The van der Waals surface area contributed by atoms with Crippen molar-refractivity contribution in [2.24, 2.45) is 5.41 Å². The smallest absolute Gasteiger partial charge is 0.226 e. The van der Waals surface area contributed by atoms with E-state index < -0.39 is 5.60 Å². The Morgan fingerprint density at radius 1 is 1.14 bits per heavy atom. The van der Waals surface area contributed by atoms with Gasteiger partial charge in [0.25, 0.3) is 0 Å². The maximum absolute atomic E-state index is 12.7. The number of amides is 1. The van der Waals surface area contributed by atoms with Crippen LogP contribution in [0.15, 0.2) is 30.3 Å². The third-order valence-corrected chi connectivity index (χ3v) is 5.18. The van der Waals surface area contributed by atoms with Crippen molar-refractivity contribution in [3.8, 4) is 0 Å². The van der Waals surface area contributed by atoms with Crippen LogP contribution in [-0.4, -0.2) is 36.4 Å². The second-order valence-corrected chi connectivity index (χ2v) is 6.82. The topological polar surface area (TPSA) is 58.6 Å². The van der Waals surface area contributed by atoms with Crippen LogP contribution in [0.5, 0.6) is 0 Å². The molecule has 2 N–H and O–H groups in total. The molecule has 2 aliphatic rings. The van der Waals surface area contributed by atoms with E-state index in [0.29, 0.717) is 32.6 Å². The van der Waals surface area contributed by atoms with E-state index in [4.69, 9.17) is 4.74 Å². The zero-order chi connectivity index (χ0) is 15.5. The lowest BCUT2D eigenvalue weighted by atomic mass is 9.64. The van der Waals surface area contributed by atoms with Crippen molar-refractivity contribution in [3.63, 3.8) is 0 Å². The summed E-state index contributed by atoms with van der Waals surface area (Å²) in [5.41, 5.74) is 0.135. The molecule has 3 rings (SSSR count). The lowest BCUT2D eigenvalue weighted by molar-refractivity contribution is -0.138. The molecule has 1 aliphatic heterocycles. The highest BCUT2D eigenvalue weighted by Crippen LogP contribution is 2.44. The first kappa shape index (κ1) is 15.5. The number of ether oxygens (including phenoxy) is 1. The van der Waals surface area contributed by atoms with Crippen LogP contribution in [-0.2, 0) is 16.0 Å². The minimum absolute atomic E-state index is 0.0996. The van der Waals surface area contributed by atoms with Crippen LogP contribution in [0.1, 0.15) is 37.7 Å². The highest BCUT2D eigenvalue weighted by atomic mass is 16.5. The molecule has 1 aliphatic carbocycles. The van der Waals surface area contributed by atoms with Gasteiger partial charge >= 0.3 is 0 Å². The van der Waals surface area contributed by atoms with Crippen LogP contribution in [0.3, 0.4) is 0 Å². The van der Waals surface area contributed by atoms with Crippen molar-refractivity contribution < 1.29 is 14.6 Å². The van der Waals surface area contributed by atoms with Crippen molar-refractivity contribution in [1.82, 2.24) is 5.32 Å². The number of aliphatic hydroxyl groups is 1. The van der Waals surface area contributed by atoms with E-state index in [9.17, 15) is 9.90 Å². The van der Waals surface area contributed by atoms with Gasteiger partial charge in [-0.05, 0) is 24.8 Å². The Bertz CT molecular complexity index is 504. The van der Waals surface area contributed by atoms with Crippen LogP contribution in [0.4, 0.5) is 0 Å². The molecular weight excluding hydrogens is 278 g/mol. The minimum atomic E-state index is -0.800. The van der Waals surface area contributed by atoms with Crippen molar-refractivity contribution in [2.75, 3.05) is 19.8 Å². The normalized spacial score (nSPS) is 22.6. The van der Waals surface area contributed by atoms with Crippen molar-refractivity contribution in [2.45, 2.75) is 44.1 Å². The molecule has 1 aromatic rings. The van der Waals surface area contributed by atoms with E-state index in [2.05, 4.69) is 17.4 Å². The van der Waals surface area contributed by atoms with E-state index in [1.807, 2.05) is 18.2 Å². The fourth-order valence-electron chi connectivity index (χ4n) is 3.43. The Balaban J connectivity index is 1.59. The molecule has 1 heterocycles. The Kier molecular flexibility index (Phi) is 4.50. The first-order valence-corrected chi connectivity index (χ1v) is 8.24. The largest absolute Gasteiger partial charge is 0.388 e. The molecule has 0 bridgehead atoms. The van der Waals surface area contributed by atoms with Gasteiger partial charge in [0, 0.05) is 32.6 Å². The zero-order valence-electron chi connectivity index (χ0n) is 13.0. The van der Waals surface area contributed by atoms with Gasteiger partial charge in [0.15, 0.2) is 0 Å². The van der Waals surface area contributed by atoms with Gasteiger partial charge in [-0.25, -0.2) is 0 Å². The predicted octanol–water partition coefficient (Wildman–Crippen LogP) is 2.06. The highest BCUT2D eigenvalue weighted by molar-refractivity contribution is 5.84. The first-order chi connectivity index (χ1) is 10.6. The fourth-order valence-corrected chi connectivity index (χ4v) is 3.43. The van der Waals surface area contributed by atoms with Crippen molar-refractivity contribution >= 4 is 5.91 Å².